The van der Waals surface area contributed by atoms with Crippen LogP contribution in [-0.2, 0) is 11.3 Å². The lowest BCUT2D eigenvalue weighted by Gasteiger charge is -2.09. The van der Waals surface area contributed by atoms with Crippen LogP contribution in [0.3, 0.4) is 0 Å². The summed E-state index contributed by atoms with van der Waals surface area (Å²) in [6, 6.07) is 3.07. The maximum absolute atomic E-state index is 10.5. The first kappa shape index (κ1) is 12.8. The van der Waals surface area contributed by atoms with E-state index in [1.807, 2.05) is 0 Å². The van der Waals surface area contributed by atoms with Crippen LogP contribution in [0.25, 0.3) is 0 Å². The molecule has 0 bridgehead atoms. The van der Waals surface area contributed by atoms with E-state index in [-0.39, 0.29) is 5.76 Å². The van der Waals surface area contributed by atoms with Gasteiger partial charge in [-0.05, 0) is 24.5 Å². The molecule has 1 aromatic heterocycles. The van der Waals surface area contributed by atoms with Crippen molar-refractivity contribution in [3.8, 4) is 0 Å². The zero-order chi connectivity index (χ0) is 12.0. The molecule has 0 aliphatic heterocycles. The van der Waals surface area contributed by atoms with E-state index < -0.39 is 5.97 Å². The number of aromatic carboxylic acids is 1. The fourth-order valence-electron chi connectivity index (χ4n) is 1.51. The summed E-state index contributed by atoms with van der Waals surface area (Å²) < 4.78 is 10.5. The highest BCUT2D eigenvalue weighted by Crippen LogP contribution is 2.11. The minimum absolute atomic E-state index is 0.0415. The first-order valence-electron chi connectivity index (χ1n) is 5.53. The molecule has 0 saturated carbocycles. The van der Waals surface area contributed by atoms with Crippen molar-refractivity contribution in [3.63, 3.8) is 0 Å². The van der Waals surface area contributed by atoms with Crippen molar-refractivity contribution < 1.29 is 19.1 Å². The van der Waals surface area contributed by atoms with Gasteiger partial charge in [0.15, 0.2) is 0 Å². The number of ether oxygens (including phenoxy) is 1. The highest BCUT2D eigenvalue weighted by molar-refractivity contribution is 5.84. The van der Waals surface area contributed by atoms with E-state index in [0.29, 0.717) is 24.9 Å². The molecule has 0 spiro atoms. The lowest BCUT2D eigenvalue weighted by Crippen LogP contribution is -2.05. The first-order valence-corrected chi connectivity index (χ1v) is 5.53. The van der Waals surface area contributed by atoms with Gasteiger partial charge in [0.05, 0.1) is 0 Å². The third kappa shape index (κ3) is 4.06. The number of hydrogen-bond acceptors (Lipinski definition) is 3. The Kier molecular flexibility index (Phi) is 5.05. The predicted octanol–water partition coefficient (Wildman–Crippen LogP) is 2.93. The maximum Gasteiger partial charge on any atom is 0.371 e. The van der Waals surface area contributed by atoms with E-state index >= 15 is 0 Å². The normalized spacial score (nSPS) is 12.6. The molecule has 4 nitrogen and oxygen atoms in total. The van der Waals surface area contributed by atoms with E-state index in [9.17, 15) is 4.79 Å². The smallest absolute Gasteiger partial charge is 0.371 e. The summed E-state index contributed by atoms with van der Waals surface area (Å²) in [6.07, 6.45) is 2.28. The molecule has 0 aliphatic rings. The third-order valence-electron chi connectivity index (χ3n) is 2.30. The summed E-state index contributed by atoms with van der Waals surface area (Å²) in [4.78, 5) is 10.5. The van der Waals surface area contributed by atoms with Crippen molar-refractivity contribution in [3.05, 3.63) is 23.7 Å². The average molecular weight is 226 g/mol. The van der Waals surface area contributed by atoms with Gasteiger partial charge in [-0.1, -0.05) is 20.3 Å². The lowest BCUT2D eigenvalue weighted by atomic mass is 10.1. The van der Waals surface area contributed by atoms with Gasteiger partial charge in [0.25, 0.3) is 0 Å². The zero-order valence-corrected chi connectivity index (χ0v) is 9.73. The second-order valence-electron chi connectivity index (χ2n) is 3.98. The van der Waals surface area contributed by atoms with Gasteiger partial charge < -0.3 is 14.3 Å². The minimum Gasteiger partial charge on any atom is -0.475 e. The minimum atomic E-state index is -1.05. The highest BCUT2D eigenvalue weighted by Gasteiger charge is 2.09. The van der Waals surface area contributed by atoms with Crippen molar-refractivity contribution in [2.75, 3.05) is 6.61 Å². The van der Waals surface area contributed by atoms with Crippen LogP contribution in [0.15, 0.2) is 16.5 Å². The molecule has 1 unspecified atom stereocenters. The predicted molar refractivity (Wildman–Crippen MR) is 59.4 cm³/mol. The van der Waals surface area contributed by atoms with Crippen LogP contribution in [0.2, 0.25) is 0 Å². The third-order valence-corrected chi connectivity index (χ3v) is 2.30. The zero-order valence-electron chi connectivity index (χ0n) is 9.73. The lowest BCUT2D eigenvalue weighted by molar-refractivity contribution is 0.0626. The van der Waals surface area contributed by atoms with E-state index in [4.69, 9.17) is 14.3 Å². The average Bonchev–Trinajstić information content (AvgIpc) is 2.67. The summed E-state index contributed by atoms with van der Waals surface area (Å²) in [5, 5.41) is 8.65. The SMILES string of the molecule is CCCC(C)COCc1ccc(C(=O)O)o1. The Morgan fingerprint density at radius 2 is 2.31 bits per heavy atom. The Balaban J connectivity index is 2.29. The summed E-state index contributed by atoms with van der Waals surface area (Å²) in [5.74, 6) is -0.00851. The van der Waals surface area contributed by atoms with Gasteiger partial charge in [0.2, 0.25) is 5.76 Å². The van der Waals surface area contributed by atoms with Crippen molar-refractivity contribution >= 4 is 5.97 Å². The molecule has 16 heavy (non-hydrogen) atoms. The molecule has 1 aromatic rings. The van der Waals surface area contributed by atoms with Gasteiger partial charge in [-0.15, -0.1) is 0 Å². The Morgan fingerprint density at radius 1 is 1.56 bits per heavy atom. The van der Waals surface area contributed by atoms with Gasteiger partial charge in [-0.3, -0.25) is 0 Å². The van der Waals surface area contributed by atoms with E-state index in [2.05, 4.69) is 13.8 Å². The summed E-state index contributed by atoms with van der Waals surface area (Å²) in [5.41, 5.74) is 0. The Labute approximate surface area is 95.2 Å². The Morgan fingerprint density at radius 3 is 2.88 bits per heavy atom. The van der Waals surface area contributed by atoms with Gasteiger partial charge in [-0.25, -0.2) is 4.79 Å². The van der Waals surface area contributed by atoms with E-state index in [0.717, 1.165) is 12.8 Å². The summed E-state index contributed by atoms with van der Waals surface area (Å²) in [7, 11) is 0. The maximum atomic E-state index is 10.5. The Bertz CT molecular complexity index is 330. The number of carbonyl (C=O) groups is 1. The number of hydrogen-bond donors (Lipinski definition) is 1. The van der Waals surface area contributed by atoms with Crippen LogP contribution in [0.4, 0.5) is 0 Å². The van der Waals surface area contributed by atoms with Gasteiger partial charge >= 0.3 is 5.97 Å². The molecule has 1 N–H and O–H groups in total. The molecule has 1 heterocycles. The molecule has 0 fully saturated rings. The summed E-state index contributed by atoms with van der Waals surface area (Å²) >= 11 is 0. The topological polar surface area (TPSA) is 59.7 Å². The monoisotopic (exact) mass is 226 g/mol. The molecule has 1 rings (SSSR count). The number of rotatable bonds is 7. The Hall–Kier alpha value is -1.29. The standard InChI is InChI=1S/C12H18O4/c1-3-4-9(2)7-15-8-10-5-6-11(16-10)12(13)14/h5-6,9H,3-4,7-8H2,1-2H3,(H,13,14). The highest BCUT2D eigenvalue weighted by atomic mass is 16.5. The molecular weight excluding hydrogens is 208 g/mol. The number of carboxylic acid groups (broad SMARTS) is 1. The van der Waals surface area contributed by atoms with Crippen molar-refractivity contribution in [2.45, 2.75) is 33.3 Å². The molecule has 0 amide bonds. The second kappa shape index (κ2) is 6.33. The van der Waals surface area contributed by atoms with Gasteiger partial charge in [0.1, 0.15) is 12.4 Å². The van der Waals surface area contributed by atoms with Crippen LogP contribution >= 0.6 is 0 Å². The van der Waals surface area contributed by atoms with Crippen LogP contribution in [0.1, 0.15) is 43.0 Å². The van der Waals surface area contributed by atoms with Gasteiger partial charge in [-0.2, -0.15) is 0 Å². The first-order chi connectivity index (χ1) is 7.63. The molecule has 0 aliphatic carbocycles. The van der Waals surface area contributed by atoms with Gasteiger partial charge in [0, 0.05) is 6.61 Å². The van der Waals surface area contributed by atoms with Crippen LogP contribution in [-0.4, -0.2) is 17.7 Å². The van der Waals surface area contributed by atoms with E-state index in [1.165, 1.54) is 6.07 Å². The molecule has 0 aromatic carbocycles. The molecule has 0 radical (unpaired) electrons. The van der Waals surface area contributed by atoms with Crippen LogP contribution in [0, 0.1) is 5.92 Å². The van der Waals surface area contributed by atoms with Crippen LogP contribution in [0.5, 0.6) is 0 Å². The fraction of sp³-hybridized carbons (Fsp3) is 0.583. The molecule has 1 atom stereocenters. The van der Waals surface area contributed by atoms with Crippen molar-refractivity contribution in [1.29, 1.82) is 0 Å². The fourth-order valence-corrected chi connectivity index (χ4v) is 1.51. The molecule has 0 saturated heterocycles. The molecule has 90 valence electrons. The van der Waals surface area contributed by atoms with Crippen molar-refractivity contribution in [1.82, 2.24) is 0 Å². The summed E-state index contributed by atoms with van der Waals surface area (Å²) in [6.45, 7) is 5.29. The second-order valence-corrected chi connectivity index (χ2v) is 3.98. The number of furan rings is 1. The number of carboxylic acids is 1. The molecule has 4 heteroatoms. The largest absolute Gasteiger partial charge is 0.475 e. The van der Waals surface area contributed by atoms with Crippen molar-refractivity contribution in [2.24, 2.45) is 5.92 Å². The quantitative estimate of drug-likeness (QED) is 0.776. The molecular formula is C12H18O4. The van der Waals surface area contributed by atoms with E-state index in [1.54, 1.807) is 6.07 Å². The van der Waals surface area contributed by atoms with Crippen LogP contribution < -0.4 is 0 Å².